The van der Waals surface area contributed by atoms with Gasteiger partial charge in [-0.3, -0.25) is 0 Å². The molecule has 11 aromatic rings. The zero-order valence-corrected chi connectivity index (χ0v) is 34.4. The van der Waals surface area contributed by atoms with Crippen molar-refractivity contribution in [3.63, 3.8) is 0 Å². The molecule has 0 amide bonds. The fourth-order valence-electron chi connectivity index (χ4n) is 10.3. The maximum atomic E-state index is 6.66. The Morgan fingerprint density at radius 1 is 0.426 bits per heavy atom. The summed E-state index contributed by atoms with van der Waals surface area (Å²) in [6, 6.07) is 84.7. The summed E-state index contributed by atoms with van der Waals surface area (Å²) < 4.78 is 6.66. The molecule has 1 unspecified atom stereocenters. The van der Waals surface area contributed by atoms with Crippen LogP contribution in [0.5, 0.6) is 0 Å². The van der Waals surface area contributed by atoms with Gasteiger partial charge in [-0.25, -0.2) is 0 Å². The molecule has 1 aliphatic rings. The lowest BCUT2D eigenvalue weighted by molar-refractivity contribution is 0.669. The molecule has 1 atom stereocenters. The van der Waals surface area contributed by atoms with Crippen LogP contribution in [0.4, 0.5) is 17.1 Å². The predicted octanol–water partition coefficient (Wildman–Crippen LogP) is 12.2. The molecule has 3 nitrogen and oxygen atoms in total. The highest BCUT2D eigenvalue weighted by molar-refractivity contribution is 7.22. The predicted molar refractivity (Wildman–Crippen MR) is 259 cm³/mol. The van der Waals surface area contributed by atoms with Gasteiger partial charge in [0.25, 0.3) is 0 Å². The van der Waals surface area contributed by atoms with E-state index in [1.165, 1.54) is 70.1 Å². The summed E-state index contributed by atoms with van der Waals surface area (Å²) in [6.07, 6.45) is -0.0174. The van der Waals surface area contributed by atoms with E-state index < -0.39 is 8.07 Å². The van der Waals surface area contributed by atoms with E-state index in [-0.39, 0.29) is 6.17 Å². The standard InChI is InChI=1S/C57H40N2OSi/c1-4-19-40(20-5-1)57-58-49-30-15-16-31-50(49)59(57)41-37-35-39(36-38-41)54-44-25-10-12-27-46(44)56(47-28-13-11-26-45(47)54)61(42-21-6-2-7-22-42,43-23-8-3-9-24-43)53-34-18-33-52-55(53)48-29-14-17-32-51(48)60-52/h1-38,57-58H. The van der Waals surface area contributed by atoms with E-state index in [1.807, 2.05) is 0 Å². The van der Waals surface area contributed by atoms with E-state index in [4.69, 9.17) is 4.42 Å². The van der Waals surface area contributed by atoms with Gasteiger partial charge in [0.05, 0.1) is 11.4 Å². The highest BCUT2D eigenvalue weighted by atomic mass is 28.3. The Kier molecular flexibility index (Phi) is 8.25. The minimum atomic E-state index is -3.17. The minimum absolute atomic E-state index is 0.0174. The molecule has 61 heavy (non-hydrogen) atoms. The van der Waals surface area contributed by atoms with Crippen LogP contribution >= 0.6 is 0 Å². The minimum Gasteiger partial charge on any atom is -0.456 e. The number of anilines is 3. The first-order valence-electron chi connectivity index (χ1n) is 21.0. The number of nitrogens with one attached hydrogen (secondary N) is 1. The van der Waals surface area contributed by atoms with E-state index in [2.05, 4.69) is 241 Å². The van der Waals surface area contributed by atoms with Crippen LogP contribution in [0.3, 0.4) is 0 Å². The van der Waals surface area contributed by atoms with Crippen LogP contribution in [0.25, 0.3) is 54.6 Å². The lowest BCUT2D eigenvalue weighted by Crippen LogP contribution is -2.75. The zero-order chi connectivity index (χ0) is 40.3. The molecule has 288 valence electrons. The Morgan fingerprint density at radius 2 is 0.951 bits per heavy atom. The second-order valence-corrected chi connectivity index (χ2v) is 19.7. The van der Waals surface area contributed by atoms with Crippen molar-refractivity contribution in [3.05, 3.63) is 236 Å². The molecule has 0 spiro atoms. The van der Waals surface area contributed by atoms with Gasteiger partial charge in [-0.1, -0.05) is 194 Å². The van der Waals surface area contributed by atoms with E-state index >= 15 is 0 Å². The monoisotopic (exact) mass is 796 g/mol. The van der Waals surface area contributed by atoms with Crippen LogP contribution in [0.2, 0.25) is 0 Å². The molecule has 0 bridgehead atoms. The molecule has 10 aromatic carbocycles. The highest BCUT2D eigenvalue weighted by Gasteiger charge is 2.45. The number of hydrogen-bond acceptors (Lipinski definition) is 3. The zero-order valence-electron chi connectivity index (χ0n) is 33.4. The fourth-order valence-corrected chi connectivity index (χ4v) is 15.7. The summed E-state index contributed by atoms with van der Waals surface area (Å²) in [7, 11) is -3.17. The normalized spacial score (nSPS) is 13.8. The lowest BCUT2D eigenvalue weighted by atomic mass is 9.91. The largest absolute Gasteiger partial charge is 0.456 e. The second-order valence-electron chi connectivity index (χ2n) is 16.0. The maximum Gasteiger partial charge on any atom is 0.181 e. The molecule has 0 saturated heterocycles. The molecule has 1 aliphatic heterocycles. The number of para-hydroxylation sites is 3. The van der Waals surface area contributed by atoms with Gasteiger partial charge >= 0.3 is 0 Å². The molecule has 1 aromatic heterocycles. The summed E-state index contributed by atoms with van der Waals surface area (Å²) in [5.74, 6) is 0. The van der Waals surface area contributed by atoms with Crippen molar-refractivity contribution in [1.29, 1.82) is 0 Å². The Morgan fingerprint density at radius 3 is 1.61 bits per heavy atom. The number of furan rings is 1. The quantitative estimate of drug-likeness (QED) is 0.0989. The van der Waals surface area contributed by atoms with Gasteiger partial charge in [0.15, 0.2) is 8.07 Å². The van der Waals surface area contributed by atoms with E-state index in [1.54, 1.807) is 0 Å². The van der Waals surface area contributed by atoms with Crippen LogP contribution in [-0.2, 0) is 0 Å². The van der Waals surface area contributed by atoms with Crippen LogP contribution in [-0.4, -0.2) is 8.07 Å². The third-order valence-corrected chi connectivity index (χ3v) is 17.7. The van der Waals surface area contributed by atoms with Gasteiger partial charge in [0.1, 0.15) is 17.3 Å². The Balaban J connectivity index is 1.15. The Hall–Kier alpha value is -7.66. The smallest absolute Gasteiger partial charge is 0.181 e. The van der Waals surface area contributed by atoms with E-state index in [9.17, 15) is 0 Å². The van der Waals surface area contributed by atoms with Crippen molar-refractivity contribution >= 4 is 89.4 Å². The lowest BCUT2D eigenvalue weighted by Gasteiger charge is -2.37. The number of benzene rings is 10. The maximum absolute atomic E-state index is 6.66. The van der Waals surface area contributed by atoms with Crippen molar-refractivity contribution in [3.8, 4) is 11.1 Å². The molecule has 12 rings (SSSR count). The molecule has 2 heterocycles. The topological polar surface area (TPSA) is 28.4 Å². The van der Waals surface area contributed by atoms with E-state index in [0.29, 0.717) is 0 Å². The summed E-state index contributed by atoms with van der Waals surface area (Å²) in [4.78, 5) is 2.42. The average Bonchev–Trinajstić information content (AvgIpc) is 3.92. The second kappa shape index (κ2) is 14.3. The highest BCUT2D eigenvalue weighted by Crippen LogP contribution is 2.47. The van der Waals surface area contributed by atoms with Gasteiger partial charge < -0.3 is 14.6 Å². The van der Waals surface area contributed by atoms with Crippen molar-refractivity contribution in [2.45, 2.75) is 6.17 Å². The van der Waals surface area contributed by atoms with Crippen LogP contribution in [0, 0.1) is 0 Å². The summed E-state index contributed by atoms with van der Waals surface area (Å²) >= 11 is 0. The molecule has 1 N–H and O–H groups in total. The van der Waals surface area contributed by atoms with Crippen molar-refractivity contribution in [1.82, 2.24) is 0 Å². The first-order valence-corrected chi connectivity index (χ1v) is 23.0. The van der Waals surface area contributed by atoms with Gasteiger partial charge in [0.2, 0.25) is 0 Å². The summed E-state index contributed by atoms with van der Waals surface area (Å²) in [5, 5.41) is 16.5. The molecule has 0 radical (unpaired) electrons. The molecular formula is C57H40N2OSi. The molecule has 0 fully saturated rings. The number of nitrogens with zero attached hydrogens (tertiary/aromatic N) is 1. The molecular weight excluding hydrogens is 757 g/mol. The average molecular weight is 797 g/mol. The van der Waals surface area contributed by atoms with Gasteiger partial charge in [-0.2, -0.15) is 0 Å². The number of rotatable bonds is 7. The van der Waals surface area contributed by atoms with Gasteiger partial charge in [-0.05, 0) is 95.4 Å². The first kappa shape index (κ1) is 35.3. The fraction of sp³-hybridized carbons (Fsp3) is 0.0175. The number of hydrogen-bond donors (Lipinski definition) is 1. The van der Waals surface area contributed by atoms with Crippen LogP contribution < -0.4 is 31.0 Å². The summed E-state index contributed by atoms with van der Waals surface area (Å²) in [6.45, 7) is 0. The van der Waals surface area contributed by atoms with Crippen molar-refractivity contribution < 1.29 is 4.42 Å². The van der Waals surface area contributed by atoms with Gasteiger partial charge in [0, 0.05) is 16.5 Å². The third kappa shape index (κ3) is 5.43. The van der Waals surface area contributed by atoms with Crippen molar-refractivity contribution in [2.24, 2.45) is 0 Å². The molecule has 0 saturated carbocycles. The number of fused-ring (bicyclic) bond motifs is 6. The SMILES string of the molecule is c1ccc(C2Nc3ccccc3N2c2ccc(-c3c4ccccc4c([Si](c4ccccc4)(c4ccccc4)c4cccc5oc6ccccc6c45)c4ccccc34)cc2)cc1. The van der Waals surface area contributed by atoms with Crippen molar-refractivity contribution in [2.75, 3.05) is 10.2 Å². The first-order chi connectivity index (χ1) is 30.3. The molecule has 4 heteroatoms. The Bertz CT molecular complexity index is 3300. The van der Waals surface area contributed by atoms with Crippen LogP contribution in [0.15, 0.2) is 235 Å². The van der Waals surface area contributed by atoms with Crippen LogP contribution in [0.1, 0.15) is 11.7 Å². The molecule has 0 aliphatic carbocycles. The summed E-state index contributed by atoms with van der Waals surface area (Å²) in [5.41, 5.74) is 8.93. The van der Waals surface area contributed by atoms with Gasteiger partial charge in [-0.15, -0.1) is 0 Å². The van der Waals surface area contributed by atoms with E-state index in [0.717, 1.165) is 27.9 Å². The Labute approximate surface area is 355 Å². The third-order valence-electron chi connectivity index (χ3n) is 12.8.